The summed E-state index contributed by atoms with van der Waals surface area (Å²) >= 11 is -0.425. The lowest BCUT2D eigenvalue weighted by atomic mass is 10.2. The number of hydrogen-bond donors (Lipinski definition) is 1. The number of thioether (sulfide) groups is 1. The second kappa shape index (κ2) is 7.46. The van der Waals surface area contributed by atoms with E-state index in [0.717, 1.165) is 6.20 Å². The topological polar surface area (TPSA) is 96.0 Å². The monoisotopic (exact) mass is 475 g/mol. The fraction of sp³-hybridized carbons (Fsp3) is 0.333. The zero-order chi connectivity index (χ0) is 22.5. The van der Waals surface area contributed by atoms with Crippen LogP contribution in [0.5, 0.6) is 0 Å². The van der Waals surface area contributed by atoms with E-state index in [9.17, 15) is 40.0 Å². The van der Waals surface area contributed by atoms with Crippen molar-refractivity contribution < 1.29 is 44.4 Å². The standard InChI is InChI=1S/C15H11F6N3O4S2/c1-2-30(26,27)10-3-7(14(16,17)18)6-24(25)11(10)13-23-9-4-8(29-15(19,20)21)5-22-12(9)28-13/h3,5-6,25H,2,4H2,1H3. The van der Waals surface area contributed by atoms with Crippen LogP contribution in [-0.4, -0.2) is 41.1 Å². The Morgan fingerprint density at radius 1 is 1.27 bits per heavy atom. The summed E-state index contributed by atoms with van der Waals surface area (Å²) < 4.78 is 107. The van der Waals surface area contributed by atoms with Gasteiger partial charge in [0.1, 0.15) is 11.4 Å². The molecule has 1 aromatic rings. The molecule has 1 N–H and O–H groups in total. The van der Waals surface area contributed by atoms with Crippen LogP contribution in [-0.2, 0) is 16.3 Å². The van der Waals surface area contributed by atoms with E-state index in [1.807, 2.05) is 0 Å². The van der Waals surface area contributed by atoms with Gasteiger partial charge in [-0.05, 0) is 17.8 Å². The Bertz CT molecular complexity index is 1190. The summed E-state index contributed by atoms with van der Waals surface area (Å²) in [6.45, 7) is 1.18. The molecule has 0 aromatic carbocycles. The summed E-state index contributed by atoms with van der Waals surface area (Å²) in [7, 11) is -4.30. The Hall–Kier alpha value is -2.26. The Kier molecular flexibility index (Phi) is 5.57. The van der Waals surface area contributed by atoms with Crippen LogP contribution in [0.3, 0.4) is 0 Å². The average molecular weight is 475 g/mol. The van der Waals surface area contributed by atoms with Crippen molar-refractivity contribution in [2.24, 2.45) is 4.99 Å². The third kappa shape index (κ3) is 4.57. The van der Waals surface area contributed by atoms with Crippen molar-refractivity contribution >= 4 is 27.3 Å². The smallest absolute Gasteiger partial charge is 0.416 e. The number of oxazole rings is 1. The van der Waals surface area contributed by atoms with Gasteiger partial charge in [0.05, 0.1) is 16.2 Å². The molecule has 0 spiro atoms. The number of sulfone groups is 1. The molecular formula is C15H11F6N3O4S2. The second-order valence-electron chi connectivity index (χ2n) is 5.91. The van der Waals surface area contributed by atoms with Gasteiger partial charge in [0.15, 0.2) is 9.84 Å². The molecule has 2 aliphatic heterocycles. The number of halogens is 6. The largest absolute Gasteiger partial charge is 0.446 e. The van der Waals surface area contributed by atoms with E-state index in [1.165, 1.54) is 6.92 Å². The van der Waals surface area contributed by atoms with Crippen molar-refractivity contribution in [3.63, 3.8) is 0 Å². The second-order valence-corrected chi connectivity index (χ2v) is 9.35. The molecule has 0 bridgehead atoms. The minimum atomic E-state index is -4.96. The Balaban J connectivity index is 2.14. The molecule has 3 heterocycles. The first kappa shape index (κ1) is 22.4. The van der Waals surface area contributed by atoms with Crippen LogP contribution in [0.4, 0.5) is 26.3 Å². The number of nitrogens with zero attached hydrogens (tertiary/aromatic N) is 3. The number of rotatable bonds is 3. The van der Waals surface area contributed by atoms with Gasteiger partial charge in [-0.15, -0.1) is 0 Å². The molecule has 0 saturated heterocycles. The number of hydrogen-bond acceptors (Lipinski definition) is 8. The Morgan fingerprint density at radius 3 is 2.50 bits per heavy atom. The maximum Gasteiger partial charge on any atom is 0.446 e. The summed E-state index contributed by atoms with van der Waals surface area (Å²) in [4.78, 5) is 6.40. The summed E-state index contributed by atoms with van der Waals surface area (Å²) in [5, 5.41) is 9.97. The minimum absolute atomic E-state index is 0.0958. The van der Waals surface area contributed by atoms with E-state index >= 15 is 0 Å². The molecule has 0 amide bonds. The highest BCUT2D eigenvalue weighted by molar-refractivity contribution is 8.03. The van der Waals surface area contributed by atoms with Gasteiger partial charge >= 0.3 is 11.7 Å². The molecule has 2 aliphatic rings. The summed E-state index contributed by atoms with van der Waals surface area (Å²) in [5.41, 5.74) is -7.68. The third-order valence-electron chi connectivity index (χ3n) is 3.85. The molecule has 0 unspecified atom stereocenters. The summed E-state index contributed by atoms with van der Waals surface area (Å²) in [6, 6.07) is 0. The number of fused-ring (bicyclic) bond motifs is 1. The number of alkyl halides is 6. The van der Waals surface area contributed by atoms with Gasteiger partial charge in [-0.3, -0.25) is 5.21 Å². The lowest BCUT2D eigenvalue weighted by molar-refractivity contribution is -0.0926. The van der Waals surface area contributed by atoms with E-state index < -0.39 is 60.8 Å². The zero-order valence-corrected chi connectivity index (χ0v) is 16.4. The Morgan fingerprint density at radius 2 is 1.93 bits per heavy atom. The van der Waals surface area contributed by atoms with E-state index in [-0.39, 0.29) is 33.8 Å². The summed E-state index contributed by atoms with van der Waals surface area (Å²) in [5.74, 6) is -0.597. The van der Waals surface area contributed by atoms with Gasteiger partial charge in [-0.25, -0.2) is 23.5 Å². The molecular weight excluding hydrogens is 464 g/mol. The molecule has 164 valence electrons. The van der Waals surface area contributed by atoms with E-state index in [0.29, 0.717) is 6.08 Å². The SMILES string of the molecule is CCS(=O)(=O)C1=CC(C(F)(F)F)=CN(O)C1=c1nc2c(o1)=NC=C(SC(F)(F)F)C2. The van der Waals surface area contributed by atoms with Crippen LogP contribution >= 0.6 is 11.8 Å². The highest BCUT2D eigenvalue weighted by Crippen LogP contribution is 2.38. The summed E-state index contributed by atoms with van der Waals surface area (Å²) in [6.07, 6.45) is -3.87. The fourth-order valence-electron chi connectivity index (χ4n) is 2.52. The van der Waals surface area contributed by atoms with Crippen molar-refractivity contribution in [3.8, 4) is 0 Å². The van der Waals surface area contributed by atoms with Crippen LogP contribution in [0.2, 0.25) is 0 Å². The predicted molar refractivity (Wildman–Crippen MR) is 91.4 cm³/mol. The van der Waals surface area contributed by atoms with Crippen LogP contribution in [0.1, 0.15) is 12.6 Å². The van der Waals surface area contributed by atoms with E-state index in [1.54, 1.807) is 0 Å². The molecule has 7 nitrogen and oxygen atoms in total. The number of aromatic nitrogens is 1. The molecule has 0 saturated carbocycles. The number of hydroxylamine groups is 2. The molecule has 0 atom stereocenters. The maximum absolute atomic E-state index is 13.1. The van der Waals surface area contributed by atoms with Gasteiger partial charge in [-0.2, -0.15) is 26.3 Å². The van der Waals surface area contributed by atoms with Crippen molar-refractivity contribution in [1.29, 1.82) is 0 Å². The van der Waals surface area contributed by atoms with Gasteiger partial charge in [-0.1, -0.05) is 6.92 Å². The lowest BCUT2D eigenvalue weighted by Crippen LogP contribution is -2.30. The van der Waals surface area contributed by atoms with Crippen molar-refractivity contribution in [3.05, 3.63) is 50.7 Å². The van der Waals surface area contributed by atoms with Crippen LogP contribution in [0.25, 0.3) is 5.70 Å². The molecule has 0 aliphatic carbocycles. The lowest BCUT2D eigenvalue weighted by Gasteiger charge is -2.24. The molecule has 1 aromatic heterocycles. The Labute approximate surface area is 168 Å². The van der Waals surface area contributed by atoms with E-state index in [4.69, 9.17) is 4.42 Å². The molecule has 0 fully saturated rings. The third-order valence-corrected chi connectivity index (χ3v) is 6.33. The van der Waals surface area contributed by atoms with Crippen molar-refractivity contribution in [1.82, 2.24) is 10.0 Å². The fourth-order valence-corrected chi connectivity index (χ4v) is 4.22. The van der Waals surface area contributed by atoms with Gasteiger partial charge in [0, 0.05) is 23.7 Å². The van der Waals surface area contributed by atoms with Crippen molar-refractivity contribution in [2.75, 3.05) is 5.75 Å². The van der Waals surface area contributed by atoms with Crippen LogP contribution in [0.15, 0.2) is 43.3 Å². The average Bonchev–Trinajstić information content (AvgIpc) is 3.01. The minimum Gasteiger partial charge on any atom is -0.416 e. The van der Waals surface area contributed by atoms with Gasteiger partial charge < -0.3 is 4.42 Å². The zero-order valence-electron chi connectivity index (χ0n) is 14.7. The number of allylic oxidation sites excluding steroid dienone is 3. The van der Waals surface area contributed by atoms with Crippen LogP contribution in [0, 0.1) is 0 Å². The predicted octanol–water partition coefficient (Wildman–Crippen LogP) is 2.52. The molecule has 15 heteroatoms. The van der Waals surface area contributed by atoms with Gasteiger partial charge in [0.25, 0.3) is 0 Å². The van der Waals surface area contributed by atoms with Crippen LogP contribution < -0.4 is 11.1 Å². The van der Waals surface area contributed by atoms with Crippen molar-refractivity contribution in [2.45, 2.75) is 25.0 Å². The molecule has 30 heavy (non-hydrogen) atoms. The van der Waals surface area contributed by atoms with E-state index in [2.05, 4.69) is 9.98 Å². The van der Waals surface area contributed by atoms with Gasteiger partial charge in [0.2, 0.25) is 11.1 Å². The highest BCUT2D eigenvalue weighted by Gasteiger charge is 2.39. The normalized spacial score (nSPS) is 19.6. The molecule has 0 radical (unpaired) electrons. The maximum atomic E-state index is 13.1. The first-order chi connectivity index (χ1) is 13.7. The quantitative estimate of drug-likeness (QED) is 0.672. The molecule has 3 rings (SSSR count). The first-order valence-electron chi connectivity index (χ1n) is 7.96. The first-order valence-corrected chi connectivity index (χ1v) is 10.4. The highest BCUT2D eigenvalue weighted by atomic mass is 32.2.